The molecule has 0 bridgehead atoms. The second-order valence-corrected chi connectivity index (χ2v) is 5.73. The van der Waals surface area contributed by atoms with Crippen molar-refractivity contribution in [2.45, 2.75) is 40.0 Å². The van der Waals surface area contributed by atoms with Gasteiger partial charge in [0.15, 0.2) is 0 Å². The monoisotopic (exact) mass is 248 g/mol. The molecule has 0 aromatic carbocycles. The molecule has 0 aliphatic carbocycles. The van der Waals surface area contributed by atoms with Crippen LogP contribution in [0, 0.1) is 5.92 Å². The molecule has 1 amide bonds. The summed E-state index contributed by atoms with van der Waals surface area (Å²) in [5.41, 5.74) is 2.76. The van der Waals surface area contributed by atoms with Crippen molar-refractivity contribution in [1.82, 2.24) is 9.88 Å². The van der Waals surface area contributed by atoms with E-state index in [4.69, 9.17) is 0 Å². The average Bonchev–Trinajstić information content (AvgIpc) is 2.26. The Hall–Kier alpha value is -1.38. The molecule has 0 atom stereocenters. The van der Waals surface area contributed by atoms with Crippen molar-refractivity contribution < 1.29 is 4.79 Å². The van der Waals surface area contributed by atoms with Crippen LogP contribution >= 0.6 is 0 Å². The topological polar surface area (TPSA) is 33.2 Å². The first-order valence-corrected chi connectivity index (χ1v) is 6.53. The predicted octanol–water partition coefficient (Wildman–Crippen LogP) is 3.11. The van der Waals surface area contributed by atoms with Gasteiger partial charge < -0.3 is 4.90 Å². The zero-order valence-electron chi connectivity index (χ0n) is 12.3. The minimum Gasteiger partial charge on any atom is -0.343 e. The second kappa shape index (κ2) is 5.98. The van der Waals surface area contributed by atoms with Crippen molar-refractivity contribution >= 4 is 5.91 Å². The van der Waals surface area contributed by atoms with E-state index in [1.807, 2.05) is 6.07 Å². The summed E-state index contributed by atoms with van der Waals surface area (Å²) in [6.07, 6.45) is 0.911. The fourth-order valence-electron chi connectivity index (χ4n) is 1.81. The number of rotatable bonds is 4. The first kappa shape index (κ1) is 14.7. The molecule has 3 nitrogen and oxygen atoms in total. The van der Waals surface area contributed by atoms with Crippen molar-refractivity contribution in [1.29, 1.82) is 0 Å². The molecule has 0 aliphatic rings. The first-order valence-electron chi connectivity index (χ1n) is 6.53. The molecule has 0 aliphatic heterocycles. The summed E-state index contributed by atoms with van der Waals surface area (Å²) in [6.45, 7) is 8.60. The third-order valence-electron chi connectivity index (χ3n) is 2.81. The Labute approximate surface area is 110 Å². The molecule has 1 heterocycles. The van der Waals surface area contributed by atoms with Gasteiger partial charge in [0.1, 0.15) is 5.69 Å². The quantitative estimate of drug-likeness (QED) is 0.820. The molecule has 100 valence electrons. The Morgan fingerprint density at radius 1 is 1.22 bits per heavy atom. The van der Waals surface area contributed by atoms with Crippen molar-refractivity contribution in [3.8, 4) is 0 Å². The minimum atomic E-state index is -0.0255. The van der Waals surface area contributed by atoms with Crippen LogP contribution < -0.4 is 0 Å². The van der Waals surface area contributed by atoms with Crippen LogP contribution in [0.2, 0.25) is 0 Å². The van der Waals surface area contributed by atoms with E-state index in [-0.39, 0.29) is 5.91 Å². The van der Waals surface area contributed by atoms with Gasteiger partial charge in [-0.1, -0.05) is 27.7 Å². The molecule has 1 aromatic heterocycles. The number of carbonyl (C=O) groups is 1. The molecule has 0 saturated heterocycles. The molecule has 1 aromatic rings. The van der Waals surface area contributed by atoms with Gasteiger partial charge in [0.05, 0.1) is 0 Å². The minimum absolute atomic E-state index is 0.0255. The largest absolute Gasteiger partial charge is 0.343 e. The van der Waals surface area contributed by atoms with Crippen molar-refractivity contribution in [3.63, 3.8) is 0 Å². The SMILES string of the molecule is CC(C)Cc1cc(C(C)C)cc(C(=O)N(C)C)n1. The third-order valence-corrected chi connectivity index (χ3v) is 2.81. The van der Waals surface area contributed by atoms with Gasteiger partial charge in [-0.15, -0.1) is 0 Å². The zero-order chi connectivity index (χ0) is 13.9. The van der Waals surface area contributed by atoms with Gasteiger partial charge in [-0.3, -0.25) is 4.79 Å². The molecule has 3 heteroatoms. The van der Waals surface area contributed by atoms with Crippen LogP contribution in [-0.2, 0) is 6.42 Å². The van der Waals surface area contributed by atoms with Gasteiger partial charge in [0, 0.05) is 19.8 Å². The van der Waals surface area contributed by atoms with Gasteiger partial charge in [0.25, 0.3) is 5.91 Å². The normalized spacial score (nSPS) is 11.1. The van der Waals surface area contributed by atoms with E-state index in [2.05, 4.69) is 38.7 Å². The summed E-state index contributed by atoms with van der Waals surface area (Å²) in [5.74, 6) is 0.928. The number of amides is 1. The highest BCUT2D eigenvalue weighted by molar-refractivity contribution is 5.92. The first-order chi connectivity index (χ1) is 8.31. The summed E-state index contributed by atoms with van der Waals surface area (Å²) in [6, 6.07) is 4.04. The number of hydrogen-bond acceptors (Lipinski definition) is 2. The van der Waals surface area contributed by atoms with E-state index in [1.54, 1.807) is 19.0 Å². The lowest BCUT2D eigenvalue weighted by Gasteiger charge is -2.15. The lowest BCUT2D eigenvalue weighted by atomic mass is 9.99. The van der Waals surface area contributed by atoms with E-state index >= 15 is 0 Å². The van der Waals surface area contributed by atoms with Crippen molar-refractivity contribution in [2.75, 3.05) is 14.1 Å². The Kier molecular flexibility index (Phi) is 4.88. The van der Waals surface area contributed by atoms with Crippen LogP contribution in [0.4, 0.5) is 0 Å². The van der Waals surface area contributed by atoms with Crippen LogP contribution in [0.1, 0.15) is 55.4 Å². The molecule has 0 unspecified atom stereocenters. The predicted molar refractivity (Wildman–Crippen MR) is 74.9 cm³/mol. The Morgan fingerprint density at radius 3 is 2.28 bits per heavy atom. The van der Waals surface area contributed by atoms with Crippen LogP contribution in [0.25, 0.3) is 0 Å². The lowest BCUT2D eigenvalue weighted by Crippen LogP contribution is -2.23. The molecule has 0 saturated carbocycles. The van der Waals surface area contributed by atoms with E-state index in [9.17, 15) is 4.79 Å². The zero-order valence-corrected chi connectivity index (χ0v) is 12.3. The molecular formula is C15H24N2O. The van der Waals surface area contributed by atoms with Gasteiger partial charge in [-0.25, -0.2) is 4.98 Å². The number of carbonyl (C=O) groups excluding carboxylic acids is 1. The van der Waals surface area contributed by atoms with E-state index in [1.165, 1.54) is 5.56 Å². The number of aromatic nitrogens is 1. The molecule has 0 fully saturated rings. The molecular weight excluding hydrogens is 224 g/mol. The standard InChI is InChI=1S/C15H24N2O/c1-10(2)7-13-8-12(11(3)4)9-14(16-13)15(18)17(5)6/h8-11H,7H2,1-6H3. The summed E-state index contributed by atoms with van der Waals surface area (Å²) in [4.78, 5) is 18.1. The van der Waals surface area contributed by atoms with Crippen molar-refractivity contribution in [3.05, 3.63) is 29.1 Å². The van der Waals surface area contributed by atoms with Gasteiger partial charge >= 0.3 is 0 Å². The Morgan fingerprint density at radius 2 is 1.83 bits per heavy atom. The molecule has 1 rings (SSSR count). The van der Waals surface area contributed by atoms with Crippen molar-refractivity contribution in [2.24, 2.45) is 5.92 Å². The fraction of sp³-hybridized carbons (Fsp3) is 0.600. The summed E-state index contributed by atoms with van der Waals surface area (Å²) < 4.78 is 0. The number of pyridine rings is 1. The van der Waals surface area contributed by atoms with E-state index < -0.39 is 0 Å². The highest BCUT2D eigenvalue weighted by atomic mass is 16.2. The van der Waals surface area contributed by atoms with Crippen LogP contribution in [0.5, 0.6) is 0 Å². The van der Waals surface area contributed by atoms with Gasteiger partial charge in [-0.2, -0.15) is 0 Å². The van der Waals surface area contributed by atoms with E-state index in [0.29, 0.717) is 17.5 Å². The lowest BCUT2D eigenvalue weighted by molar-refractivity contribution is 0.0821. The number of hydrogen-bond donors (Lipinski definition) is 0. The maximum Gasteiger partial charge on any atom is 0.271 e. The molecule has 0 N–H and O–H groups in total. The van der Waals surface area contributed by atoms with Gasteiger partial charge in [0.2, 0.25) is 0 Å². The summed E-state index contributed by atoms with van der Waals surface area (Å²) in [5, 5.41) is 0. The highest BCUT2D eigenvalue weighted by Crippen LogP contribution is 2.18. The highest BCUT2D eigenvalue weighted by Gasteiger charge is 2.14. The molecule has 0 radical (unpaired) electrons. The Balaban J connectivity index is 3.17. The maximum absolute atomic E-state index is 12.0. The summed E-state index contributed by atoms with van der Waals surface area (Å²) in [7, 11) is 3.52. The maximum atomic E-state index is 12.0. The average molecular weight is 248 g/mol. The number of nitrogens with zero attached hydrogens (tertiary/aromatic N) is 2. The third kappa shape index (κ3) is 3.83. The van der Waals surface area contributed by atoms with E-state index in [0.717, 1.165) is 12.1 Å². The smallest absolute Gasteiger partial charge is 0.271 e. The van der Waals surface area contributed by atoms with Gasteiger partial charge in [-0.05, 0) is 36.0 Å². The summed E-state index contributed by atoms with van der Waals surface area (Å²) >= 11 is 0. The Bertz CT molecular complexity index is 423. The second-order valence-electron chi connectivity index (χ2n) is 5.73. The molecule has 0 spiro atoms. The fourth-order valence-corrected chi connectivity index (χ4v) is 1.81. The van der Waals surface area contributed by atoms with Crippen LogP contribution in [0.3, 0.4) is 0 Å². The molecule has 18 heavy (non-hydrogen) atoms. The van der Waals surface area contributed by atoms with Crippen LogP contribution in [0.15, 0.2) is 12.1 Å². The van der Waals surface area contributed by atoms with Crippen LogP contribution in [-0.4, -0.2) is 29.9 Å².